The number of halogens is 1. The van der Waals surface area contributed by atoms with Crippen molar-refractivity contribution in [1.82, 2.24) is 9.38 Å². The molecular weight excluding hydrogens is 291 g/mol. The van der Waals surface area contributed by atoms with E-state index in [1.807, 2.05) is 0 Å². The van der Waals surface area contributed by atoms with E-state index < -0.39 is 17.4 Å². The minimum Gasteiger partial charge on any atom is -0.461 e. The van der Waals surface area contributed by atoms with Crippen LogP contribution in [-0.2, 0) is 16.1 Å². The average molecular weight is 310 g/mol. The van der Waals surface area contributed by atoms with Crippen LogP contribution in [0.3, 0.4) is 0 Å². The second kappa shape index (κ2) is 6.41. The summed E-state index contributed by atoms with van der Waals surface area (Å²) in [5, 5.41) is 9.57. The first-order valence-corrected chi connectivity index (χ1v) is 6.94. The lowest BCUT2D eigenvalue weighted by atomic mass is 10.2. The summed E-state index contributed by atoms with van der Waals surface area (Å²) in [4.78, 5) is 15.8. The number of imidazole rings is 1. The van der Waals surface area contributed by atoms with Gasteiger partial charge in [-0.15, -0.1) is 0 Å². The molecule has 120 valence electrons. The van der Waals surface area contributed by atoms with Gasteiger partial charge < -0.3 is 14.6 Å². The van der Waals surface area contributed by atoms with E-state index in [-0.39, 0.29) is 25.5 Å². The van der Waals surface area contributed by atoms with Crippen LogP contribution >= 0.6 is 0 Å². The van der Waals surface area contributed by atoms with E-state index in [9.17, 15) is 14.3 Å². The summed E-state index contributed by atoms with van der Waals surface area (Å²) < 4.78 is 25.6. The molecule has 0 saturated heterocycles. The van der Waals surface area contributed by atoms with Crippen LogP contribution in [0.15, 0.2) is 18.5 Å². The number of aromatic nitrogens is 2. The van der Waals surface area contributed by atoms with Crippen molar-refractivity contribution in [3.63, 3.8) is 0 Å². The second-order valence-corrected chi connectivity index (χ2v) is 5.54. The molecule has 0 unspecified atom stereocenters. The third-order valence-electron chi connectivity index (χ3n) is 2.88. The van der Waals surface area contributed by atoms with E-state index in [0.29, 0.717) is 11.2 Å². The molecule has 2 aromatic rings. The Labute approximate surface area is 127 Å². The number of pyridine rings is 1. The molecule has 0 aromatic carbocycles. The molecule has 0 bridgehead atoms. The van der Waals surface area contributed by atoms with Gasteiger partial charge in [0, 0.05) is 11.8 Å². The minimum absolute atomic E-state index is 0.00786. The van der Waals surface area contributed by atoms with Gasteiger partial charge in [-0.25, -0.2) is 14.2 Å². The van der Waals surface area contributed by atoms with Crippen molar-refractivity contribution >= 4 is 11.6 Å². The highest BCUT2D eigenvalue weighted by molar-refractivity contribution is 5.88. The van der Waals surface area contributed by atoms with Crippen LogP contribution < -0.4 is 0 Å². The van der Waals surface area contributed by atoms with Gasteiger partial charge >= 0.3 is 5.97 Å². The third kappa shape index (κ3) is 3.80. The Kier molecular flexibility index (Phi) is 4.77. The third-order valence-corrected chi connectivity index (χ3v) is 2.88. The summed E-state index contributed by atoms with van der Waals surface area (Å²) in [5.74, 6) is -1.08. The van der Waals surface area contributed by atoms with Gasteiger partial charge in [-0.2, -0.15) is 0 Å². The van der Waals surface area contributed by atoms with E-state index in [4.69, 9.17) is 9.47 Å². The van der Waals surface area contributed by atoms with Gasteiger partial charge in [0.1, 0.15) is 11.5 Å². The molecule has 0 saturated carbocycles. The molecule has 6 nitrogen and oxygen atoms in total. The maximum Gasteiger partial charge on any atom is 0.356 e. The van der Waals surface area contributed by atoms with E-state index >= 15 is 0 Å². The zero-order chi connectivity index (χ0) is 16.3. The van der Waals surface area contributed by atoms with Crippen LogP contribution in [0.25, 0.3) is 5.65 Å². The Hall–Kier alpha value is -1.99. The van der Waals surface area contributed by atoms with Gasteiger partial charge in [-0.3, -0.25) is 4.40 Å². The van der Waals surface area contributed by atoms with Crippen LogP contribution in [0.5, 0.6) is 0 Å². The zero-order valence-electron chi connectivity index (χ0n) is 12.8. The molecule has 1 N–H and O–H groups in total. The number of ether oxygens (including phenoxy) is 2. The molecule has 0 aliphatic heterocycles. The van der Waals surface area contributed by atoms with Crippen LogP contribution in [0.4, 0.5) is 4.39 Å². The van der Waals surface area contributed by atoms with Crippen molar-refractivity contribution in [2.75, 3.05) is 13.2 Å². The summed E-state index contributed by atoms with van der Waals surface area (Å²) >= 11 is 0. The zero-order valence-corrected chi connectivity index (χ0v) is 12.8. The summed E-state index contributed by atoms with van der Waals surface area (Å²) in [6, 6.07) is 1.50. The van der Waals surface area contributed by atoms with E-state index in [2.05, 4.69) is 4.98 Å². The Bertz CT molecular complexity index is 676. The summed E-state index contributed by atoms with van der Waals surface area (Å²) in [5.41, 5.74) is -0.0888. The summed E-state index contributed by atoms with van der Waals surface area (Å²) in [6.45, 7) is 5.23. The fraction of sp³-hybridized carbons (Fsp3) is 0.467. The molecule has 0 spiro atoms. The highest BCUT2D eigenvalue weighted by atomic mass is 19.1. The molecule has 0 aliphatic carbocycles. The minimum atomic E-state index is -0.981. The van der Waals surface area contributed by atoms with Crippen LogP contribution in [0.2, 0.25) is 0 Å². The fourth-order valence-corrected chi connectivity index (χ4v) is 1.92. The standard InChI is InChI=1S/C15H19FN2O4/c1-4-22-14(19)12-6-17-13-5-10(11(16)7-18(12)13)8-21-9-15(2,3)20/h5-7,20H,4,8-9H2,1-3H3. The first kappa shape index (κ1) is 16.4. The number of carbonyl (C=O) groups is 1. The van der Waals surface area contributed by atoms with E-state index in [1.54, 1.807) is 20.8 Å². The monoisotopic (exact) mass is 310 g/mol. The second-order valence-electron chi connectivity index (χ2n) is 5.54. The van der Waals surface area contributed by atoms with Crippen molar-refractivity contribution in [1.29, 1.82) is 0 Å². The summed E-state index contributed by atoms with van der Waals surface area (Å²) in [6.07, 6.45) is 2.52. The number of carbonyl (C=O) groups excluding carboxylic acids is 1. The van der Waals surface area contributed by atoms with Crippen molar-refractivity contribution < 1.29 is 23.8 Å². The van der Waals surface area contributed by atoms with Crippen LogP contribution in [0.1, 0.15) is 36.8 Å². The van der Waals surface area contributed by atoms with Crippen molar-refractivity contribution in [3.05, 3.63) is 35.5 Å². The molecule has 2 heterocycles. The number of esters is 1. The molecule has 0 aliphatic rings. The first-order chi connectivity index (χ1) is 10.3. The normalized spacial score (nSPS) is 11.9. The van der Waals surface area contributed by atoms with Crippen molar-refractivity contribution in [2.24, 2.45) is 0 Å². The highest BCUT2D eigenvalue weighted by Crippen LogP contribution is 2.16. The SMILES string of the molecule is CCOC(=O)c1cnc2cc(COCC(C)(C)O)c(F)cn12. The van der Waals surface area contributed by atoms with Crippen molar-refractivity contribution in [2.45, 2.75) is 33.0 Å². The predicted molar refractivity (Wildman–Crippen MR) is 77.1 cm³/mol. The lowest BCUT2D eigenvalue weighted by Crippen LogP contribution is -2.26. The maximum atomic E-state index is 14.1. The number of aliphatic hydroxyl groups is 1. The molecule has 0 atom stereocenters. The van der Waals surface area contributed by atoms with Gasteiger partial charge in [0.15, 0.2) is 5.69 Å². The van der Waals surface area contributed by atoms with Gasteiger partial charge in [0.25, 0.3) is 0 Å². The molecule has 2 aromatic heterocycles. The van der Waals surface area contributed by atoms with Gasteiger partial charge in [-0.05, 0) is 26.8 Å². The quantitative estimate of drug-likeness (QED) is 0.825. The number of rotatable bonds is 6. The number of fused-ring (bicyclic) bond motifs is 1. The molecular formula is C15H19FN2O4. The highest BCUT2D eigenvalue weighted by Gasteiger charge is 2.17. The largest absolute Gasteiger partial charge is 0.461 e. The lowest BCUT2D eigenvalue weighted by molar-refractivity contribution is -0.0275. The number of hydrogen-bond donors (Lipinski definition) is 1. The molecule has 22 heavy (non-hydrogen) atoms. The predicted octanol–water partition coefficient (Wildman–Crippen LogP) is 1.94. The van der Waals surface area contributed by atoms with E-state index in [0.717, 1.165) is 0 Å². The molecule has 7 heteroatoms. The number of nitrogens with zero attached hydrogens (tertiary/aromatic N) is 2. The average Bonchev–Trinajstić information content (AvgIpc) is 2.80. The fourth-order valence-electron chi connectivity index (χ4n) is 1.92. The van der Waals surface area contributed by atoms with Crippen molar-refractivity contribution in [3.8, 4) is 0 Å². The first-order valence-electron chi connectivity index (χ1n) is 6.94. The Morgan fingerprint density at radius 1 is 1.50 bits per heavy atom. The molecule has 0 amide bonds. The smallest absolute Gasteiger partial charge is 0.356 e. The Balaban J connectivity index is 2.22. The Morgan fingerprint density at radius 3 is 2.86 bits per heavy atom. The van der Waals surface area contributed by atoms with Gasteiger partial charge in [-0.1, -0.05) is 0 Å². The van der Waals surface area contributed by atoms with E-state index in [1.165, 1.54) is 22.9 Å². The molecule has 2 rings (SSSR count). The summed E-state index contributed by atoms with van der Waals surface area (Å²) in [7, 11) is 0. The number of hydrogen-bond acceptors (Lipinski definition) is 5. The molecule has 0 radical (unpaired) electrons. The Morgan fingerprint density at radius 2 is 2.23 bits per heavy atom. The van der Waals surface area contributed by atoms with Gasteiger partial charge in [0.2, 0.25) is 0 Å². The van der Waals surface area contributed by atoms with Crippen LogP contribution in [-0.4, -0.2) is 39.3 Å². The lowest BCUT2D eigenvalue weighted by Gasteiger charge is -2.17. The topological polar surface area (TPSA) is 73.1 Å². The maximum absolute atomic E-state index is 14.1. The van der Waals surface area contributed by atoms with Crippen LogP contribution in [0, 0.1) is 5.82 Å². The molecule has 0 fully saturated rings. The van der Waals surface area contributed by atoms with Gasteiger partial charge in [0.05, 0.1) is 31.6 Å².